The van der Waals surface area contributed by atoms with Crippen molar-refractivity contribution in [2.75, 3.05) is 61.6 Å². The zero-order chi connectivity index (χ0) is 27.1. The molecule has 12 heteroatoms. The maximum absolute atomic E-state index is 11.8. The maximum atomic E-state index is 11.8. The smallest absolute Gasteiger partial charge is 0.248 e. The van der Waals surface area contributed by atoms with Gasteiger partial charge in [-0.15, -0.1) is 0 Å². The summed E-state index contributed by atoms with van der Waals surface area (Å²) >= 11 is 0. The molecule has 2 fully saturated rings. The SMILES string of the molecule is CNc1cc(N2CCC(O)C2)c(C#N)cn1.O=Cc1nc2c(cc1CN1CCOCC1=O)CCCN2C=O. The van der Waals surface area contributed by atoms with E-state index in [1.165, 1.54) is 4.90 Å². The summed E-state index contributed by atoms with van der Waals surface area (Å²) in [6.07, 6.45) is 5.12. The van der Waals surface area contributed by atoms with Crippen LogP contribution in [0.3, 0.4) is 0 Å². The van der Waals surface area contributed by atoms with E-state index in [0.29, 0.717) is 50.5 Å². The number of aromatic nitrogens is 2. The van der Waals surface area contributed by atoms with E-state index in [0.717, 1.165) is 54.8 Å². The second-order valence-electron chi connectivity index (χ2n) is 9.24. The van der Waals surface area contributed by atoms with Gasteiger partial charge in [-0.2, -0.15) is 5.26 Å². The number of anilines is 3. The van der Waals surface area contributed by atoms with Crippen molar-refractivity contribution < 1.29 is 24.2 Å². The summed E-state index contributed by atoms with van der Waals surface area (Å²) in [7, 11) is 1.79. The van der Waals surface area contributed by atoms with Gasteiger partial charge >= 0.3 is 0 Å². The molecule has 2 amide bonds. The number of morpholine rings is 1. The minimum absolute atomic E-state index is 0.0771. The number of ether oxygens (including phenoxy) is 1. The lowest BCUT2D eigenvalue weighted by atomic mass is 10.0. The predicted molar refractivity (Wildman–Crippen MR) is 139 cm³/mol. The highest BCUT2D eigenvalue weighted by Gasteiger charge is 2.25. The third-order valence-corrected chi connectivity index (χ3v) is 6.75. The lowest BCUT2D eigenvalue weighted by Gasteiger charge is -2.29. The van der Waals surface area contributed by atoms with Gasteiger partial charge in [0.15, 0.2) is 6.29 Å². The lowest BCUT2D eigenvalue weighted by Crippen LogP contribution is -2.41. The van der Waals surface area contributed by atoms with Crippen molar-refractivity contribution >= 4 is 35.9 Å². The van der Waals surface area contributed by atoms with Gasteiger partial charge in [0.1, 0.15) is 30.0 Å². The van der Waals surface area contributed by atoms with E-state index < -0.39 is 0 Å². The molecule has 5 rings (SSSR count). The second kappa shape index (κ2) is 12.4. The van der Waals surface area contributed by atoms with E-state index >= 15 is 0 Å². The van der Waals surface area contributed by atoms with Gasteiger partial charge < -0.3 is 25.0 Å². The van der Waals surface area contributed by atoms with Crippen LogP contribution in [0, 0.1) is 11.3 Å². The van der Waals surface area contributed by atoms with Crippen LogP contribution in [0.5, 0.6) is 0 Å². The Morgan fingerprint density at radius 1 is 1.29 bits per heavy atom. The molecule has 0 radical (unpaired) electrons. The van der Waals surface area contributed by atoms with Crippen LogP contribution in [-0.2, 0) is 27.3 Å². The number of nitriles is 1. The first-order chi connectivity index (χ1) is 18.5. The molecule has 2 saturated heterocycles. The van der Waals surface area contributed by atoms with Crippen LogP contribution in [0.15, 0.2) is 18.3 Å². The molecular weight excluding hydrogens is 490 g/mol. The number of carbonyl (C=O) groups excluding carboxylic acids is 3. The number of aliphatic hydroxyl groups is 1. The number of rotatable bonds is 6. The number of hydrogen-bond acceptors (Lipinski definition) is 10. The number of aliphatic hydroxyl groups excluding tert-OH is 1. The third-order valence-electron chi connectivity index (χ3n) is 6.75. The minimum Gasteiger partial charge on any atom is -0.391 e. The summed E-state index contributed by atoms with van der Waals surface area (Å²) in [6, 6.07) is 5.86. The van der Waals surface area contributed by atoms with E-state index in [4.69, 9.17) is 10.00 Å². The molecule has 38 heavy (non-hydrogen) atoms. The summed E-state index contributed by atoms with van der Waals surface area (Å²) < 4.78 is 5.10. The van der Waals surface area contributed by atoms with Gasteiger partial charge in [0.2, 0.25) is 12.3 Å². The fraction of sp³-hybridized carbons (Fsp3) is 0.462. The fourth-order valence-electron chi connectivity index (χ4n) is 4.73. The van der Waals surface area contributed by atoms with Gasteiger partial charge in [-0.3, -0.25) is 19.3 Å². The van der Waals surface area contributed by atoms with E-state index in [-0.39, 0.29) is 24.3 Å². The summed E-state index contributed by atoms with van der Waals surface area (Å²) in [5, 5.41) is 21.4. The van der Waals surface area contributed by atoms with E-state index in [2.05, 4.69) is 21.4 Å². The van der Waals surface area contributed by atoms with Crippen molar-refractivity contribution in [1.82, 2.24) is 14.9 Å². The lowest BCUT2D eigenvalue weighted by molar-refractivity contribution is -0.143. The zero-order valence-corrected chi connectivity index (χ0v) is 21.3. The number of aldehydes is 1. The van der Waals surface area contributed by atoms with E-state index in [1.807, 2.05) is 17.0 Å². The van der Waals surface area contributed by atoms with Crippen molar-refractivity contribution in [3.8, 4) is 6.07 Å². The summed E-state index contributed by atoms with van der Waals surface area (Å²) in [5.41, 5.74) is 3.34. The quantitative estimate of drug-likeness (QED) is 0.520. The largest absolute Gasteiger partial charge is 0.391 e. The summed E-state index contributed by atoms with van der Waals surface area (Å²) in [5.74, 6) is 1.20. The van der Waals surface area contributed by atoms with Gasteiger partial charge in [-0.25, -0.2) is 9.97 Å². The predicted octanol–water partition coefficient (Wildman–Crippen LogP) is 0.728. The van der Waals surface area contributed by atoms with Crippen LogP contribution in [0.1, 0.15) is 40.0 Å². The Labute approximate surface area is 220 Å². The Morgan fingerprint density at radius 3 is 2.79 bits per heavy atom. The van der Waals surface area contributed by atoms with Crippen LogP contribution in [0.2, 0.25) is 0 Å². The molecule has 5 heterocycles. The van der Waals surface area contributed by atoms with Gasteiger partial charge in [-0.05, 0) is 30.9 Å². The third kappa shape index (κ3) is 6.07. The molecule has 0 aliphatic carbocycles. The van der Waals surface area contributed by atoms with E-state index in [9.17, 15) is 19.5 Å². The van der Waals surface area contributed by atoms with Gasteiger partial charge in [0, 0.05) is 57.6 Å². The first kappa shape index (κ1) is 27.0. The number of pyridine rings is 2. The highest BCUT2D eigenvalue weighted by molar-refractivity contribution is 5.82. The number of carbonyl (C=O) groups is 3. The minimum atomic E-state index is -0.294. The van der Waals surface area contributed by atoms with Crippen LogP contribution in [0.25, 0.3) is 0 Å². The molecule has 2 aromatic heterocycles. The molecule has 3 aliphatic heterocycles. The molecule has 2 aromatic rings. The van der Waals surface area contributed by atoms with Crippen molar-refractivity contribution in [3.63, 3.8) is 0 Å². The molecule has 200 valence electrons. The molecule has 1 unspecified atom stereocenters. The molecular formula is C26H31N7O5. The number of fused-ring (bicyclic) bond motifs is 1. The van der Waals surface area contributed by atoms with Crippen molar-refractivity contribution in [3.05, 3.63) is 40.7 Å². The normalized spacial score (nSPS) is 18.7. The van der Waals surface area contributed by atoms with Gasteiger partial charge in [-0.1, -0.05) is 0 Å². The van der Waals surface area contributed by atoms with Gasteiger partial charge in [0.25, 0.3) is 0 Å². The zero-order valence-electron chi connectivity index (χ0n) is 21.3. The van der Waals surface area contributed by atoms with Crippen LogP contribution in [0.4, 0.5) is 17.3 Å². The molecule has 3 aliphatic rings. The molecule has 0 spiro atoms. The number of aryl methyl sites for hydroxylation is 1. The fourth-order valence-corrected chi connectivity index (χ4v) is 4.73. The first-order valence-corrected chi connectivity index (χ1v) is 12.5. The summed E-state index contributed by atoms with van der Waals surface area (Å²) in [4.78, 5) is 47.9. The second-order valence-corrected chi connectivity index (χ2v) is 9.24. The molecule has 0 bridgehead atoms. The molecule has 2 N–H and O–H groups in total. The standard InChI is InChI=1S/C15H17N3O4.C11H14N4O/c19-8-13-12(7-17-4-5-22-9-14(17)21)6-11-2-1-3-18(10-20)15(11)16-13;1-13-11-4-10(8(5-12)6-14-11)15-3-2-9(16)7-15/h6,8,10H,1-5,7,9H2;4,6,9,16H,2-3,7H2,1H3,(H,13,14). The monoisotopic (exact) mass is 521 g/mol. The average molecular weight is 522 g/mol. The van der Waals surface area contributed by atoms with Crippen LogP contribution >= 0.6 is 0 Å². The Balaban J connectivity index is 0.000000186. The van der Waals surface area contributed by atoms with Crippen molar-refractivity contribution in [2.45, 2.75) is 31.9 Å². The summed E-state index contributed by atoms with van der Waals surface area (Å²) in [6.45, 7) is 3.41. The van der Waals surface area contributed by atoms with Crippen molar-refractivity contribution in [2.24, 2.45) is 0 Å². The number of nitrogens with zero attached hydrogens (tertiary/aromatic N) is 6. The van der Waals surface area contributed by atoms with Gasteiger partial charge in [0.05, 0.1) is 24.0 Å². The number of nitrogens with one attached hydrogen (secondary N) is 1. The number of β-amino-alcohol motifs (C(OH)–C–C–N with tert-alkyl or cyclic N) is 1. The highest BCUT2D eigenvalue weighted by Crippen LogP contribution is 2.27. The Morgan fingerprint density at radius 2 is 2.13 bits per heavy atom. The topological polar surface area (TPSA) is 152 Å². The number of hydrogen-bond donors (Lipinski definition) is 2. The maximum Gasteiger partial charge on any atom is 0.248 e. The first-order valence-electron chi connectivity index (χ1n) is 12.5. The molecule has 0 saturated carbocycles. The van der Waals surface area contributed by atoms with Crippen LogP contribution in [-0.4, -0.2) is 91.1 Å². The molecule has 12 nitrogen and oxygen atoms in total. The molecule has 0 aromatic carbocycles. The number of amides is 2. The van der Waals surface area contributed by atoms with Crippen molar-refractivity contribution in [1.29, 1.82) is 5.26 Å². The Kier molecular flexibility index (Phi) is 8.83. The highest BCUT2D eigenvalue weighted by atomic mass is 16.5. The molecule has 1 atom stereocenters. The Hall–Kier alpha value is -4.08. The van der Waals surface area contributed by atoms with E-state index in [1.54, 1.807) is 18.1 Å². The average Bonchev–Trinajstić information content (AvgIpc) is 3.39. The van der Waals surface area contributed by atoms with Crippen LogP contribution < -0.4 is 15.1 Å². The Bertz CT molecular complexity index is 1230.